The van der Waals surface area contributed by atoms with Crippen LogP contribution in [0.4, 0.5) is 17.3 Å². The van der Waals surface area contributed by atoms with Crippen molar-refractivity contribution >= 4 is 39.9 Å². The molecule has 0 spiro atoms. The lowest BCUT2D eigenvalue weighted by molar-refractivity contribution is 1.14. The van der Waals surface area contributed by atoms with Crippen molar-refractivity contribution in [3.05, 3.63) is 39.2 Å². The number of hydrogen-bond donors (Lipinski definition) is 2. The van der Waals surface area contributed by atoms with Crippen molar-refractivity contribution in [2.75, 3.05) is 11.1 Å². The lowest BCUT2D eigenvalue weighted by Gasteiger charge is -2.10. The van der Waals surface area contributed by atoms with Gasteiger partial charge in [-0.25, -0.2) is 9.97 Å². The lowest BCUT2D eigenvalue weighted by Crippen LogP contribution is -2.02. The molecule has 5 heteroatoms. The van der Waals surface area contributed by atoms with E-state index in [1.807, 2.05) is 13.0 Å². The Hall–Kier alpha value is -1.37. The van der Waals surface area contributed by atoms with E-state index in [0.717, 1.165) is 17.1 Å². The summed E-state index contributed by atoms with van der Waals surface area (Å²) in [5.41, 5.74) is 8.86. The minimum atomic E-state index is 0.504. The maximum Gasteiger partial charge on any atom is 0.138 e. The molecule has 1 aromatic heterocycles. The summed E-state index contributed by atoms with van der Waals surface area (Å²) in [5.74, 6) is 1.25. The third-order valence-corrected chi connectivity index (χ3v) is 3.72. The Balaban J connectivity index is 2.31. The topological polar surface area (TPSA) is 63.8 Å². The van der Waals surface area contributed by atoms with Crippen molar-refractivity contribution in [2.24, 2.45) is 0 Å². The van der Waals surface area contributed by atoms with Gasteiger partial charge in [0.2, 0.25) is 0 Å². The number of nitrogens with one attached hydrogen (secondary N) is 1. The van der Waals surface area contributed by atoms with Gasteiger partial charge in [0.05, 0.1) is 0 Å². The molecule has 2 rings (SSSR count). The summed E-state index contributed by atoms with van der Waals surface area (Å²) < 4.78 is 1.22. The highest BCUT2D eigenvalue weighted by molar-refractivity contribution is 14.1. The Kier molecular flexibility index (Phi) is 3.46. The summed E-state index contributed by atoms with van der Waals surface area (Å²) in [5, 5.41) is 3.25. The molecule has 0 bridgehead atoms. The van der Waals surface area contributed by atoms with Crippen molar-refractivity contribution in [3.63, 3.8) is 0 Å². The third kappa shape index (κ3) is 2.66. The third-order valence-electron chi connectivity index (χ3n) is 2.56. The Morgan fingerprint density at radius 2 is 2.00 bits per heavy atom. The molecule has 0 aliphatic carbocycles. The van der Waals surface area contributed by atoms with Crippen LogP contribution in [0.1, 0.15) is 11.1 Å². The van der Waals surface area contributed by atoms with Gasteiger partial charge in [-0.2, -0.15) is 0 Å². The van der Waals surface area contributed by atoms with Crippen LogP contribution in [0.5, 0.6) is 0 Å². The number of anilines is 3. The van der Waals surface area contributed by atoms with E-state index >= 15 is 0 Å². The molecule has 1 heterocycles. The zero-order valence-corrected chi connectivity index (χ0v) is 11.8. The van der Waals surface area contributed by atoms with E-state index in [-0.39, 0.29) is 0 Å². The zero-order valence-electron chi connectivity index (χ0n) is 9.66. The summed E-state index contributed by atoms with van der Waals surface area (Å²) in [6.45, 7) is 3.98. The SMILES string of the molecule is Cc1ccc(Nc2ncnc(N)c2C)cc1I. The molecule has 0 unspecified atom stereocenters. The first-order valence-electron chi connectivity index (χ1n) is 5.18. The molecule has 0 fully saturated rings. The normalized spacial score (nSPS) is 10.3. The summed E-state index contributed by atoms with van der Waals surface area (Å²) in [4.78, 5) is 8.12. The molecule has 88 valence electrons. The lowest BCUT2D eigenvalue weighted by atomic mass is 10.2. The van der Waals surface area contributed by atoms with Gasteiger partial charge in [0.15, 0.2) is 0 Å². The number of halogens is 1. The number of nitrogen functional groups attached to an aromatic ring is 1. The molecule has 0 saturated heterocycles. The van der Waals surface area contributed by atoms with Crippen molar-refractivity contribution < 1.29 is 0 Å². The van der Waals surface area contributed by atoms with Gasteiger partial charge in [-0.1, -0.05) is 6.07 Å². The first-order valence-corrected chi connectivity index (χ1v) is 6.26. The fraction of sp³-hybridized carbons (Fsp3) is 0.167. The van der Waals surface area contributed by atoms with E-state index < -0.39 is 0 Å². The van der Waals surface area contributed by atoms with E-state index in [1.165, 1.54) is 15.5 Å². The Morgan fingerprint density at radius 3 is 2.71 bits per heavy atom. The maximum absolute atomic E-state index is 5.74. The fourth-order valence-electron chi connectivity index (χ4n) is 1.40. The quantitative estimate of drug-likeness (QED) is 0.825. The van der Waals surface area contributed by atoms with Gasteiger partial charge in [0.1, 0.15) is 18.0 Å². The van der Waals surface area contributed by atoms with E-state index in [4.69, 9.17) is 5.73 Å². The van der Waals surface area contributed by atoms with E-state index in [2.05, 4.69) is 56.9 Å². The second kappa shape index (κ2) is 4.87. The highest BCUT2D eigenvalue weighted by atomic mass is 127. The number of aryl methyl sites for hydroxylation is 1. The van der Waals surface area contributed by atoms with E-state index in [0.29, 0.717) is 5.82 Å². The van der Waals surface area contributed by atoms with Crippen LogP contribution in [0.2, 0.25) is 0 Å². The monoisotopic (exact) mass is 340 g/mol. The van der Waals surface area contributed by atoms with Gasteiger partial charge >= 0.3 is 0 Å². The van der Waals surface area contributed by atoms with Crippen LogP contribution in [-0.2, 0) is 0 Å². The largest absolute Gasteiger partial charge is 0.383 e. The molecular formula is C12H13IN4. The van der Waals surface area contributed by atoms with Gasteiger partial charge in [0.25, 0.3) is 0 Å². The Morgan fingerprint density at radius 1 is 1.24 bits per heavy atom. The summed E-state index contributed by atoms with van der Waals surface area (Å²) >= 11 is 2.31. The smallest absolute Gasteiger partial charge is 0.138 e. The van der Waals surface area contributed by atoms with Gasteiger partial charge in [0, 0.05) is 14.8 Å². The Bertz CT molecular complexity index is 554. The first kappa shape index (κ1) is 12.1. The Labute approximate surface area is 114 Å². The van der Waals surface area contributed by atoms with Crippen LogP contribution >= 0.6 is 22.6 Å². The van der Waals surface area contributed by atoms with Crippen LogP contribution in [-0.4, -0.2) is 9.97 Å². The maximum atomic E-state index is 5.74. The molecule has 2 aromatic rings. The number of hydrogen-bond acceptors (Lipinski definition) is 4. The summed E-state index contributed by atoms with van der Waals surface area (Å²) in [6.07, 6.45) is 1.46. The van der Waals surface area contributed by atoms with Crippen molar-refractivity contribution in [1.82, 2.24) is 9.97 Å². The standard InChI is InChI=1S/C12H13IN4/c1-7-3-4-9(5-10(7)13)17-12-8(2)11(14)15-6-16-12/h3-6H,1-2H3,(H3,14,15,16,17). The number of rotatable bonds is 2. The number of benzene rings is 1. The van der Waals surface area contributed by atoms with Crippen LogP contribution in [0.25, 0.3) is 0 Å². The molecule has 0 radical (unpaired) electrons. The molecule has 0 saturated carbocycles. The van der Waals surface area contributed by atoms with Gasteiger partial charge < -0.3 is 11.1 Å². The van der Waals surface area contributed by atoms with Crippen molar-refractivity contribution in [3.8, 4) is 0 Å². The molecule has 0 amide bonds. The zero-order chi connectivity index (χ0) is 12.4. The second-order valence-corrected chi connectivity index (χ2v) is 4.98. The molecule has 1 aromatic carbocycles. The van der Waals surface area contributed by atoms with Gasteiger partial charge in [-0.15, -0.1) is 0 Å². The van der Waals surface area contributed by atoms with Crippen molar-refractivity contribution in [1.29, 1.82) is 0 Å². The summed E-state index contributed by atoms with van der Waals surface area (Å²) in [7, 11) is 0. The van der Waals surface area contributed by atoms with Crippen LogP contribution in [0.3, 0.4) is 0 Å². The number of nitrogens with two attached hydrogens (primary N) is 1. The van der Waals surface area contributed by atoms with Crippen LogP contribution in [0, 0.1) is 17.4 Å². The summed E-state index contributed by atoms with van der Waals surface area (Å²) in [6, 6.07) is 6.17. The van der Waals surface area contributed by atoms with Crippen molar-refractivity contribution in [2.45, 2.75) is 13.8 Å². The molecule has 3 N–H and O–H groups in total. The van der Waals surface area contributed by atoms with E-state index in [1.54, 1.807) is 0 Å². The fourth-order valence-corrected chi connectivity index (χ4v) is 1.91. The average Bonchev–Trinajstić information content (AvgIpc) is 2.30. The molecule has 4 nitrogen and oxygen atoms in total. The highest BCUT2D eigenvalue weighted by Gasteiger charge is 2.05. The minimum Gasteiger partial charge on any atom is -0.383 e. The molecule has 0 aliphatic heterocycles. The molecule has 17 heavy (non-hydrogen) atoms. The van der Waals surface area contributed by atoms with Crippen LogP contribution < -0.4 is 11.1 Å². The first-order chi connectivity index (χ1) is 8.08. The molecule has 0 aliphatic rings. The molecule has 0 atom stereocenters. The molecular weight excluding hydrogens is 327 g/mol. The predicted octanol–water partition coefficient (Wildman–Crippen LogP) is 3.02. The number of aromatic nitrogens is 2. The van der Waals surface area contributed by atoms with Crippen LogP contribution in [0.15, 0.2) is 24.5 Å². The van der Waals surface area contributed by atoms with E-state index in [9.17, 15) is 0 Å². The minimum absolute atomic E-state index is 0.504. The predicted molar refractivity (Wildman–Crippen MR) is 78.4 cm³/mol. The number of nitrogens with zero attached hydrogens (tertiary/aromatic N) is 2. The highest BCUT2D eigenvalue weighted by Crippen LogP contribution is 2.23. The van der Waals surface area contributed by atoms with Gasteiger partial charge in [-0.05, 0) is 54.1 Å². The second-order valence-electron chi connectivity index (χ2n) is 3.82. The average molecular weight is 340 g/mol. The van der Waals surface area contributed by atoms with Gasteiger partial charge in [-0.3, -0.25) is 0 Å².